The molecule has 0 aliphatic carbocycles. The molecule has 32 heavy (non-hydrogen) atoms. The smallest absolute Gasteiger partial charge is 0.278 e. The van der Waals surface area contributed by atoms with Crippen LogP contribution in [0, 0.1) is 12.7 Å². The summed E-state index contributed by atoms with van der Waals surface area (Å²) < 4.78 is 26.1. The SMILES string of the molecule is Cc1onc(C(=O)Nc2cnn(Cc3ccc(Cl)cc3Cl)c2)c1COc1ccccc1F. The molecule has 4 rings (SSSR count). The van der Waals surface area contributed by atoms with Gasteiger partial charge in [-0.25, -0.2) is 4.39 Å². The highest BCUT2D eigenvalue weighted by Crippen LogP contribution is 2.23. The normalized spacial score (nSPS) is 10.9. The molecule has 4 aromatic rings. The number of carbonyl (C=O) groups is 1. The van der Waals surface area contributed by atoms with Gasteiger partial charge in [-0.1, -0.05) is 46.6 Å². The number of carbonyl (C=O) groups excluding carboxylic acids is 1. The van der Waals surface area contributed by atoms with Crippen molar-refractivity contribution in [2.24, 2.45) is 0 Å². The Hall–Kier alpha value is -3.36. The molecule has 2 aromatic heterocycles. The van der Waals surface area contributed by atoms with Crippen molar-refractivity contribution in [3.05, 3.63) is 93.3 Å². The molecular formula is C22H17Cl2FN4O3. The number of amides is 1. The summed E-state index contributed by atoms with van der Waals surface area (Å²) in [5, 5.41) is 11.9. The van der Waals surface area contributed by atoms with Crippen molar-refractivity contribution in [1.82, 2.24) is 14.9 Å². The van der Waals surface area contributed by atoms with E-state index < -0.39 is 11.7 Å². The minimum Gasteiger partial charge on any atom is -0.486 e. The quantitative estimate of drug-likeness (QED) is 0.382. The molecule has 0 atom stereocenters. The Morgan fingerprint density at radius 3 is 2.84 bits per heavy atom. The molecule has 7 nitrogen and oxygen atoms in total. The Morgan fingerprint density at radius 1 is 1.25 bits per heavy atom. The number of para-hydroxylation sites is 1. The highest BCUT2D eigenvalue weighted by molar-refractivity contribution is 6.35. The van der Waals surface area contributed by atoms with E-state index >= 15 is 0 Å². The van der Waals surface area contributed by atoms with Crippen molar-refractivity contribution in [2.75, 3.05) is 5.32 Å². The summed E-state index contributed by atoms with van der Waals surface area (Å²) >= 11 is 12.1. The van der Waals surface area contributed by atoms with Gasteiger partial charge in [-0.05, 0) is 36.8 Å². The van der Waals surface area contributed by atoms with Crippen molar-refractivity contribution < 1.29 is 18.4 Å². The van der Waals surface area contributed by atoms with Crippen LogP contribution in [0.15, 0.2) is 59.4 Å². The van der Waals surface area contributed by atoms with E-state index in [4.69, 9.17) is 32.5 Å². The number of benzene rings is 2. The lowest BCUT2D eigenvalue weighted by Gasteiger charge is -2.07. The van der Waals surface area contributed by atoms with Gasteiger partial charge in [-0.3, -0.25) is 9.48 Å². The number of rotatable bonds is 7. The van der Waals surface area contributed by atoms with Gasteiger partial charge < -0.3 is 14.6 Å². The fourth-order valence-corrected chi connectivity index (χ4v) is 3.45. The molecule has 2 heterocycles. The average Bonchev–Trinajstić information content (AvgIpc) is 3.35. The van der Waals surface area contributed by atoms with E-state index in [0.717, 1.165) is 5.56 Å². The second-order valence-electron chi connectivity index (χ2n) is 6.90. The van der Waals surface area contributed by atoms with Crippen LogP contribution in [0.4, 0.5) is 10.1 Å². The maximum absolute atomic E-state index is 13.8. The minimum absolute atomic E-state index is 0.0485. The number of halogens is 3. The molecule has 2 aromatic carbocycles. The fourth-order valence-electron chi connectivity index (χ4n) is 2.98. The van der Waals surface area contributed by atoms with Gasteiger partial charge in [0.2, 0.25) is 0 Å². The summed E-state index contributed by atoms with van der Waals surface area (Å²) in [6.45, 7) is 1.97. The molecule has 0 unspecified atom stereocenters. The number of hydrogen-bond donors (Lipinski definition) is 1. The highest BCUT2D eigenvalue weighted by Gasteiger charge is 2.21. The number of hydrogen-bond acceptors (Lipinski definition) is 5. The lowest BCUT2D eigenvalue weighted by Crippen LogP contribution is -2.15. The summed E-state index contributed by atoms with van der Waals surface area (Å²) in [5.41, 5.74) is 1.76. The lowest BCUT2D eigenvalue weighted by atomic mass is 10.2. The van der Waals surface area contributed by atoms with Crippen LogP contribution < -0.4 is 10.1 Å². The molecule has 164 valence electrons. The molecule has 0 aliphatic rings. The maximum atomic E-state index is 13.8. The number of aromatic nitrogens is 3. The van der Waals surface area contributed by atoms with Crippen molar-refractivity contribution in [2.45, 2.75) is 20.1 Å². The summed E-state index contributed by atoms with van der Waals surface area (Å²) in [6.07, 6.45) is 3.16. The monoisotopic (exact) mass is 474 g/mol. The van der Waals surface area contributed by atoms with Gasteiger partial charge in [0.1, 0.15) is 12.4 Å². The zero-order chi connectivity index (χ0) is 22.7. The van der Waals surface area contributed by atoms with E-state index in [1.807, 2.05) is 6.07 Å². The first kappa shape index (κ1) is 21.9. The van der Waals surface area contributed by atoms with E-state index in [9.17, 15) is 9.18 Å². The van der Waals surface area contributed by atoms with Gasteiger partial charge in [-0.2, -0.15) is 5.10 Å². The zero-order valence-corrected chi connectivity index (χ0v) is 18.3. The van der Waals surface area contributed by atoms with Crippen LogP contribution >= 0.6 is 23.2 Å². The first-order chi connectivity index (χ1) is 15.4. The van der Waals surface area contributed by atoms with Crippen LogP contribution in [0.3, 0.4) is 0 Å². The number of aryl methyl sites for hydroxylation is 1. The van der Waals surface area contributed by atoms with Crippen molar-refractivity contribution in [3.8, 4) is 5.75 Å². The van der Waals surface area contributed by atoms with Gasteiger partial charge in [-0.15, -0.1) is 0 Å². The predicted octanol–water partition coefficient (Wildman–Crippen LogP) is 5.51. The molecule has 0 saturated carbocycles. The number of nitrogens with zero attached hydrogens (tertiary/aromatic N) is 3. The molecule has 0 radical (unpaired) electrons. The predicted molar refractivity (Wildman–Crippen MR) is 118 cm³/mol. The molecule has 1 N–H and O–H groups in total. The first-order valence-electron chi connectivity index (χ1n) is 9.51. The molecule has 1 amide bonds. The summed E-state index contributed by atoms with van der Waals surface area (Å²) in [6, 6.07) is 11.2. The lowest BCUT2D eigenvalue weighted by molar-refractivity contribution is 0.101. The molecule has 0 saturated heterocycles. The van der Waals surface area contributed by atoms with Crippen LogP contribution in [-0.2, 0) is 13.2 Å². The topological polar surface area (TPSA) is 82.2 Å². The Kier molecular flexibility index (Phi) is 6.43. The molecule has 10 heteroatoms. The van der Waals surface area contributed by atoms with Crippen molar-refractivity contribution in [3.63, 3.8) is 0 Å². The van der Waals surface area contributed by atoms with E-state index in [1.54, 1.807) is 42.1 Å². The zero-order valence-electron chi connectivity index (χ0n) is 16.8. The average molecular weight is 475 g/mol. The number of ether oxygens (including phenoxy) is 1. The second-order valence-corrected chi connectivity index (χ2v) is 7.75. The highest BCUT2D eigenvalue weighted by atomic mass is 35.5. The third-order valence-electron chi connectivity index (χ3n) is 4.65. The van der Waals surface area contributed by atoms with Crippen LogP contribution in [0.5, 0.6) is 5.75 Å². The Morgan fingerprint density at radius 2 is 2.06 bits per heavy atom. The Labute approximate surface area is 192 Å². The summed E-state index contributed by atoms with van der Waals surface area (Å²) in [5.74, 6) is -0.528. The number of nitrogens with one attached hydrogen (secondary N) is 1. The van der Waals surface area contributed by atoms with Crippen LogP contribution in [0.25, 0.3) is 0 Å². The van der Waals surface area contributed by atoms with Gasteiger partial charge in [0.25, 0.3) is 5.91 Å². The van der Waals surface area contributed by atoms with E-state index in [2.05, 4.69) is 15.6 Å². The van der Waals surface area contributed by atoms with Crippen LogP contribution in [0.1, 0.15) is 27.4 Å². The summed E-state index contributed by atoms with van der Waals surface area (Å²) in [4.78, 5) is 12.7. The number of anilines is 1. The molecule has 0 fully saturated rings. The third kappa shape index (κ3) is 4.92. The minimum atomic E-state index is -0.502. The fraction of sp³-hybridized carbons (Fsp3) is 0.136. The largest absolute Gasteiger partial charge is 0.486 e. The third-order valence-corrected chi connectivity index (χ3v) is 5.23. The van der Waals surface area contributed by atoms with Crippen LogP contribution in [0.2, 0.25) is 10.0 Å². The Balaban J connectivity index is 1.44. The molecule has 0 spiro atoms. The van der Waals surface area contributed by atoms with Gasteiger partial charge >= 0.3 is 0 Å². The van der Waals surface area contributed by atoms with E-state index in [-0.39, 0.29) is 18.1 Å². The van der Waals surface area contributed by atoms with Crippen molar-refractivity contribution in [1.29, 1.82) is 0 Å². The summed E-state index contributed by atoms with van der Waals surface area (Å²) in [7, 11) is 0. The van der Waals surface area contributed by atoms with E-state index in [1.165, 1.54) is 18.3 Å². The molecular weight excluding hydrogens is 458 g/mol. The Bertz CT molecular complexity index is 1270. The van der Waals surface area contributed by atoms with Crippen LogP contribution in [-0.4, -0.2) is 20.8 Å². The van der Waals surface area contributed by atoms with Gasteiger partial charge in [0.15, 0.2) is 17.3 Å². The van der Waals surface area contributed by atoms with Gasteiger partial charge in [0.05, 0.1) is 24.0 Å². The second kappa shape index (κ2) is 9.42. The maximum Gasteiger partial charge on any atom is 0.278 e. The van der Waals surface area contributed by atoms with E-state index in [0.29, 0.717) is 33.6 Å². The molecule has 0 bridgehead atoms. The van der Waals surface area contributed by atoms with Crippen molar-refractivity contribution >= 4 is 34.8 Å². The first-order valence-corrected chi connectivity index (χ1v) is 10.3. The molecule has 0 aliphatic heterocycles. The standard InChI is InChI=1S/C22H17Cl2FN4O3/c1-13-17(12-31-20-5-3-2-4-19(20)25)21(28-32-13)22(30)27-16-9-26-29(11-16)10-14-6-7-15(23)8-18(14)24/h2-9,11H,10,12H2,1H3,(H,27,30). The van der Waals surface area contributed by atoms with Gasteiger partial charge in [0, 0.05) is 16.2 Å².